The fraction of sp³-hybridized carbons (Fsp3) is 0.143. The van der Waals surface area contributed by atoms with E-state index in [9.17, 15) is 0 Å². The van der Waals surface area contributed by atoms with E-state index in [0.717, 1.165) is 28.2 Å². The van der Waals surface area contributed by atoms with Crippen molar-refractivity contribution in [2.45, 2.75) is 5.54 Å². The number of halogens is 1. The van der Waals surface area contributed by atoms with Gasteiger partial charge in [-0.25, -0.2) is 0 Å². The van der Waals surface area contributed by atoms with Crippen molar-refractivity contribution in [3.8, 4) is 11.5 Å². The number of rotatable bonds is 5. The highest BCUT2D eigenvalue weighted by atomic mass is 35.5. The molecule has 0 unspecified atom stereocenters. The second-order valence-corrected chi connectivity index (χ2v) is 5.63. The fourth-order valence-electron chi connectivity index (χ4n) is 2.91. The highest BCUT2D eigenvalue weighted by Crippen LogP contribution is 2.35. The van der Waals surface area contributed by atoms with Crippen LogP contribution in [0.5, 0.6) is 11.5 Å². The summed E-state index contributed by atoms with van der Waals surface area (Å²) >= 11 is 0. The molecule has 3 nitrogen and oxygen atoms in total. The van der Waals surface area contributed by atoms with Crippen molar-refractivity contribution in [2.24, 2.45) is 5.73 Å². The molecule has 0 aliphatic heterocycles. The molecule has 0 radical (unpaired) electrons. The van der Waals surface area contributed by atoms with Crippen molar-refractivity contribution in [2.75, 3.05) is 14.2 Å². The number of benzene rings is 3. The molecule has 0 atom stereocenters. The molecule has 0 saturated heterocycles. The number of ether oxygens (including phenoxy) is 2. The minimum Gasteiger partial charge on any atom is -0.497 e. The molecule has 3 rings (SSSR count). The summed E-state index contributed by atoms with van der Waals surface area (Å²) in [6.07, 6.45) is 0. The molecule has 0 bridgehead atoms. The summed E-state index contributed by atoms with van der Waals surface area (Å²) in [5.74, 6) is 1.62. The molecule has 0 saturated carbocycles. The van der Waals surface area contributed by atoms with Gasteiger partial charge in [0.05, 0.1) is 19.8 Å². The Balaban J connectivity index is 0.00000225. The van der Waals surface area contributed by atoms with Crippen LogP contribution in [0, 0.1) is 0 Å². The van der Waals surface area contributed by atoms with Gasteiger partial charge in [0.15, 0.2) is 0 Å². The van der Waals surface area contributed by atoms with Crippen LogP contribution in [0.2, 0.25) is 0 Å². The highest BCUT2D eigenvalue weighted by molar-refractivity contribution is 5.85. The van der Waals surface area contributed by atoms with Gasteiger partial charge in [-0.2, -0.15) is 0 Å². The normalized spacial score (nSPS) is 10.7. The number of methoxy groups -OCH3 is 2. The summed E-state index contributed by atoms with van der Waals surface area (Å²) in [6, 6.07) is 25.9. The first kappa shape index (κ1) is 18.8. The van der Waals surface area contributed by atoms with Crippen LogP contribution in [0.25, 0.3) is 0 Å². The number of nitrogens with two attached hydrogens (primary N) is 1. The molecule has 2 N–H and O–H groups in total. The van der Waals surface area contributed by atoms with E-state index in [4.69, 9.17) is 15.2 Å². The van der Waals surface area contributed by atoms with Gasteiger partial charge >= 0.3 is 0 Å². The van der Waals surface area contributed by atoms with E-state index < -0.39 is 5.54 Å². The van der Waals surface area contributed by atoms with Gasteiger partial charge in [-0.15, -0.1) is 12.4 Å². The van der Waals surface area contributed by atoms with Gasteiger partial charge in [-0.3, -0.25) is 0 Å². The Kier molecular flexibility index (Phi) is 6.07. The van der Waals surface area contributed by atoms with E-state index in [2.05, 4.69) is 12.1 Å². The molecule has 4 heteroatoms. The second kappa shape index (κ2) is 8.06. The maximum atomic E-state index is 6.96. The lowest BCUT2D eigenvalue weighted by atomic mass is 9.78. The topological polar surface area (TPSA) is 44.5 Å². The first-order chi connectivity index (χ1) is 11.7. The maximum Gasteiger partial charge on any atom is 0.118 e. The van der Waals surface area contributed by atoms with Gasteiger partial charge in [-0.1, -0.05) is 54.6 Å². The Labute approximate surface area is 154 Å². The highest BCUT2D eigenvalue weighted by Gasteiger charge is 2.31. The minimum absolute atomic E-state index is 0. The lowest BCUT2D eigenvalue weighted by Crippen LogP contribution is -2.39. The molecule has 0 amide bonds. The third-order valence-electron chi connectivity index (χ3n) is 4.32. The minimum atomic E-state index is -0.750. The van der Waals surface area contributed by atoms with Crippen LogP contribution in [-0.2, 0) is 5.54 Å². The van der Waals surface area contributed by atoms with Crippen LogP contribution in [0.3, 0.4) is 0 Å². The van der Waals surface area contributed by atoms with E-state index in [1.165, 1.54) is 0 Å². The molecule has 0 heterocycles. The summed E-state index contributed by atoms with van der Waals surface area (Å²) in [5.41, 5.74) is 9.24. The van der Waals surface area contributed by atoms with Crippen molar-refractivity contribution in [1.82, 2.24) is 0 Å². The maximum absolute atomic E-state index is 6.96. The third-order valence-corrected chi connectivity index (χ3v) is 4.32. The average molecular weight is 356 g/mol. The predicted molar refractivity (Wildman–Crippen MR) is 104 cm³/mol. The molecular weight excluding hydrogens is 334 g/mol. The molecule has 0 aliphatic rings. The summed E-state index contributed by atoms with van der Waals surface area (Å²) < 4.78 is 10.5. The zero-order valence-electron chi connectivity index (χ0n) is 14.3. The third kappa shape index (κ3) is 3.63. The first-order valence-electron chi connectivity index (χ1n) is 7.82. The van der Waals surface area contributed by atoms with E-state index in [0.29, 0.717) is 0 Å². The fourth-order valence-corrected chi connectivity index (χ4v) is 2.91. The molecule has 0 fully saturated rings. The Hall–Kier alpha value is -2.49. The van der Waals surface area contributed by atoms with Gasteiger partial charge in [0, 0.05) is 0 Å². The van der Waals surface area contributed by atoms with Crippen molar-refractivity contribution < 1.29 is 9.47 Å². The quantitative estimate of drug-likeness (QED) is 0.691. The monoisotopic (exact) mass is 355 g/mol. The molecular formula is C21H22ClNO2. The molecule has 0 aliphatic carbocycles. The Bertz CT molecular complexity index is 739. The van der Waals surface area contributed by atoms with E-state index in [-0.39, 0.29) is 12.4 Å². The molecule has 3 aromatic rings. The lowest BCUT2D eigenvalue weighted by Gasteiger charge is -2.31. The van der Waals surface area contributed by atoms with Crippen LogP contribution in [0.4, 0.5) is 0 Å². The molecule has 3 aromatic carbocycles. The average Bonchev–Trinajstić information content (AvgIpc) is 2.68. The Morgan fingerprint density at radius 1 is 0.600 bits per heavy atom. The van der Waals surface area contributed by atoms with Gasteiger partial charge < -0.3 is 15.2 Å². The summed E-state index contributed by atoms with van der Waals surface area (Å²) in [6.45, 7) is 0. The summed E-state index contributed by atoms with van der Waals surface area (Å²) in [4.78, 5) is 0. The zero-order chi connectivity index (χ0) is 17.0. The van der Waals surface area contributed by atoms with Crippen LogP contribution in [0.15, 0.2) is 78.9 Å². The second-order valence-electron chi connectivity index (χ2n) is 5.63. The van der Waals surface area contributed by atoms with Crippen molar-refractivity contribution in [3.05, 3.63) is 95.6 Å². The zero-order valence-corrected chi connectivity index (χ0v) is 15.1. The van der Waals surface area contributed by atoms with Crippen molar-refractivity contribution >= 4 is 12.4 Å². The summed E-state index contributed by atoms with van der Waals surface area (Å²) in [7, 11) is 3.32. The Morgan fingerprint density at radius 2 is 0.960 bits per heavy atom. The standard InChI is InChI=1S/C21H21NO2.ClH/c1-23-19-12-8-17(9-13-19)21(22,16-6-4-3-5-7-16)18-10-14-20(24-2)15-11-18;/h3-15H,22H2,1-2H3;1H. The summed E-state index contributed by atoms with van der Waals surface area (Å²) in [5, 5.41) is 0. The molecule has 0 spiro atoms. The van der Waals surface area contributed by atoms with Crippen molar-refractivity contribution in [3.63, 3.8) is 0 Å². The Morgan fingerprint density at radius 3 is 1.32 bits per heavy atom. The van der Waals surface area contributed by atoms with Gasteiger partial charge in [0.25, 0.3) is 0 Å². The van der Waals surface area contributed by atoms with E-state index in [1.54, 1.807) is 14.2 Å². The van der Waals surface area contributed by atoms with E-state index in [1.807, 2.05) is 66.7 Å². The lowest BCUT2D eigenvalue weighted by molar-refractivity contribution is 0.414. The first-order valence-corrected chi connectivity index (χ1v) is 7.82. The van der Waals surface area contributed by atoms with Crippen LogP contribution >= 0.6 is 12.4 Å². The van der Waals surface area contributed by atoms with Crippen molar-refractivity contribution in [1.29, 1.82) is 0 Å². The smallest absolute Gasteiger partial charge is 0.118 e. The van der Waals surface area contributed by atoms with Gasteiger partial charge in [-0.05, 0) is 41.0 Å². The largest absolute Gasteiger partial charge is 0.497 e. The molecule has 25 heavy (non-hydrogen) atoms. The van der Waals surface area contributed by atoms with E-state index >= 15 is 0 Å². The SMILES string of the molecule is COc1ccc(C(N)(c2ccccc2)c2ccc(OC)cc2)cc1.Cl. The van der Waals surface area contributed by atoms with Crippen LogP contribution in [-0.4, -0.2) is 14.2 Å². The van der Waals surface area contributed by atoms with Crippen LogP contribution < -0.4 is 15.2 Å². The van der Waals surface area contributed by atoms with Gasteiger partial charge in [0.2, 0.25) is 0 Å². The van der Waals surface area contributed by atoms with Crippen LogP contribution in [0.1, 0.15) is 16.7 Å². The molecule has 130 valence electrons. The number of hydrogen-bond donors (Lipinski definition) is 1. The van der Waals surface area contributed by atoms with Gasteiger partial charge in [0.1, 0.15) is 11.5 Å². The molecule has 0 aromatic heterocycles. The number of hydrogen-bond acceptors (Lipinski definition) is 3. The predicted octanol–water partition coefficient (Wildman–Crippen LogP) is 4.38.